The van der Waals surface area contributed by atoms with Crippen molar-refractivity contribution in [2.75, 3.05) is 0 Å². The molecule has 0 aliphatic carbocycles. The fraction of sp³-hybridized carbons (Fsp3) is 0.429. The van der Waals surface area contributed by atoms with E-state index in [1.807, 2.05) is 6.08 Å². The molecule has 9 heavy (non-hydrogen) atoms. The maximum Gasteiger partial charge on any atom is 0.248 e. The lowest BCUT2D eigenvalue weighted by atomic mass is 10.8. The molecule has 0 aliphatic heterocycles. The lowest BCUT2D eigenvalue weighted by Gasteiger charge is -2.18. The van der Waals surface area contributed by atoms with Gasteiger partial charge < -0.3 is 4.43 Å². The first kappa shape index (κ1) is 8.50. The maximum absolute atomic E-state index is 5.30. The van der Waals surface area contributed by atoms with Crippen LogP contribution in [0.25, 0.3) is 0 Å². The molecular formula is C7H14OSi. The molecule has 0 N–H and O–H groups in total. The lowest BCUT2D eigenvalue weighted by molar-refractivity contribution is 0.477. The van der Waals surface area contributed by atoms with Gasteiger partial charge in [-0.05, 0) is 19.1 Å². The van der Waals surface area contributed by atoms with E-state index in [0.29, 0.717) is 0 Å². The van der Waals surface area contributed by atoms with Crippen LogP contribution in [0, 0.1) is 0 Å². The van der Waals surface area contributed by atoms with E-state index in [2.05, 4.69) is 26.3 Å². The van der Waals surface area contributed by atoms with Crippen LogP contribution < -0.4 is 0 Å². The number of hydrogen-bond acceptors (Lipinski definition) is 1. The number of allylic oxidation sites excluding steroid dienone is 1. The van der Waals surface area contributed by atoms with Crippen molar-refractivity contribution >= 4 is 8.32 Å². The van der Waals surface area contributed by atoms with Gasteiger partial charge in [-0.15, -0.1) is 6.58 Å². The minimum atomic E-state index is -1.44. The molecule has 0 aliphatic rings. The first-order valence-electron chi connectivity index (χ1n) is 3.02. The topological polar surface area (TPSA) is 9.23 Å². The van der Waals surface area contributed by atoms with Gasteiger partial charge >= 0.3 is 0 Å². The van der Waals surface area contributed by atoms with Crippen LogP contribution in [0.1, 0.15) is 0 Å². The second kappa shape index (κ2) is 3.51. The third-order valence-corrected chi connectivity index (χ3v) is 3.11. The van der Waals surface area contributed by atoms with Gasteiger partial charge in [0.2, 0.25) is 8.32 Å². The van der Waals surface area contributed by atoms with Gasteiger partial charge in [-0.2, -0.15) is 0 Å². The SMILES string of the molecule is C=CC[Si](C)(C)OC=C. The van der Waals surface area contributed by atoms with Crippen LogP contribution in [0.3, 0.4) is 0 Å². The van der Waals surface area contributed by atoms with Crippen LogP contribution in [0.2, 0.25) is 19.1 Å². The monoisotopic (exact) mass is 142 g/mol. The summed E-state index contributed by atoms with van der Waals surface area (Å²) in [6.45, 7) is 11.4. The van der Waals surface area contributed by atoms with Crippen LogP contribution in [0.4, 0.5) is 0 Å². The van der Waals surface area contributed by atoms with Crippen molar-refractivity contribution in [3.05, 3.63) is 25.5 Å². The molecule has 0 spiro atoms. The van der Waals surface area contributed by atoms with Crippen LogP contribution in [0.5, 0.6) is 0 Å². The third-order valence-electron chi connectivity index (χ3n) is 1.04. The Hall–Kier alpha value is -0.503. The summed E-state index contributed by atoms with van der Waals surface area (Å²) in [7, 11) is -1.44. The Kier molecular flexibility index (Phi) is 3.31. The zero-order valence-electron chi connectivity index (χ0n) is 6.18. The van der Waals surface area contributed by atoms with Crippen molar-refractivity contribution in [2.24, 2.45) is 0 Å². The highest BCUT2D eigenvalue weighted by Gasteiger charge is 2.19. The quantitative estimate of drug-likeness (QED) is 0.333. The van der Waals surface area contributed by atoms with Gasteiger partial charge in [0.25, 0.3) is 0 Å². The minimum Gasteiger partial charge on any atom is -0.550 e. The van der Waals surface area contributed by atoms with E-state index in [4.69, 9.17) is 4.43 Å². The van der Waals surface area contributed by atoms with E-state index in [9.17, 15) is 0 Å². The Bertz CT molecular complexity index is 95.5. The molecule has 0 aromatic heterocycles. The van der Waals surface area contributed by atoms with Gasteiger partial charge in [0.1, 0.15) is 0 Å². The van der Waals surface area contributed by atoms with Gasteiger partial charge in [-0.1, -0.05) is 12.7 Å². The maximum atomic E-state index is 5.30. The van der Waals surface area contributed by atoms with Crippen molar-refractivity contribution in [3.8, 4) is 0 Å². The van der Waals surface area contributed by atoms with E-state index >= 15 is 0 Å². The second-order valence-corrected chi connectivity index (χ2v) is 6.70. The summed E-state index contributed by atoms with van der Waals surface area (Å²) in [5, 5.41) is 0. The fourth-order valence-electron chi connectivity index (χ4n) is 0.621. The Labute approximate surface area is 58.2 Å². The molecule has 0 heterocycles. The first-order valence-corrected chi connectivity index (χ1v) is 6.13. The third kappa shape index (κ3) is 4.03. The Morgan fingerprint density at radius 1 is 1.44 bits per heavy atom. The molecule has 0 atom stereocenters. The van der Waals surface area contributed by atoms with E-state index < -0.39 is 8.32 Å². The number of rotatable bonds is 4. The Balaban J connectivity index is 3.68. The summed E-state index contributed by atoms with van der Waals surface area (Å²) in [5.41, 5.74) is 0. The lowest BCUT2D eigenvalue weighted by Crippen LogP contribution is -2.26. The van der Waals surface area contributed by atoms with Gasteiger partial charge in [-0.3, -0.25) is 0 Å². The summed E-state index contributed by atoms with van der Waals surface area (Å²) < 4.78 is 5.30. The molecule has 1 nitrogen and oxygen atoms in total. The molecule has 0 radical (unpaired) electrons. The van der Waals surface area contributed by atoms with Crippen molar-refractivity contribution in [3.63, 3.8) is 0 Å². The molecule has 0 bridgehead atoms. The largest absolute Gasteiger partial charge is 0.550 e. The molecule has 0 fully saturated rings. The van der Waals surface area contributed by atoms with Crippen LogP contribution >= 0.6 is 0 Å². The molecule has 0 unspecified atom stereocenters. The zero-order chi connectivity index (χ0) is 7.33. The molecule has 52 valence electrons. The fourth-order valence-corrected chi connectivity index (χ4v) is 1.86. The molecule has 0 aromatic carbocycles. The van der Waals surface area contributed by atoms with Crippen LogP contribution in [-0.4, -0.2) is 8.32 Å². The van der Waals surface area contributed by atoms with Crippen molar-refractivity contribution < 1.29 is 4.43 Å². The van der Waals surface area contributed by atoms with E-state index in [-0.39, 0.29) is 0 Å². The summed E-state index contributed by atoms with van der Waals surface area (Å²) in [5.74, 6) is 0. The van der Waals surface area contributed by atoms with Gasteiger partial charge in [-0.25, -0.2) is 0 Å². The van der Waals surface area contributed by atoms with Gasteiger partial charge in [0.15, 0.2) is 0 Å². The molecule has 2 heteroatoms. The highest BCUT2D eigenvalue weighted by Crippen LogP contribution is 2.10. The summed E-state index contributed by atoms with van der Waals surface area (Å²) in [6.07, 6.45) is 3.42. The average Bonchev–Trinajstić information content (AvgIpc) is 1.64. The molecule has 0 amide bonds. The first-order chi connectivity index (χ1) is 4.12. The highest BCUT2D eigenvalue weighted by atomic mass is 28.4. The van der Waals surface area contributed by atoms with Crippen LogP contribution in [0.15, 0.2) is 25.5 Å². The Morgan fingerprint density at radius 2 is 2.00 bits per heavy atom. The normalized spacial score (nSPS) is 10.4. The summed E-state index contributed by atoms with van der Waals surface area (Å²) in [6, 6.07) is 0.985. The summed E-state index contributed by atoms with van der Waals surface area (Å²) >= 11 is 0. The van der Waals surface area contributed by atoms with Gasteiger partial charge in [0, 0.05) is 0 Å². The highest BCUT2D eigenvalue weighted by molar-refractivity contribution is 6.71. The van der Waals surface area contributed by atoms with Gasteiger partial charge in [0.05, 0.1) is 6.26 Å². The van der Waals surface area contributed by atoms with E-state index in [1.54, 1.807) is 0 Å². The second-order valence-electron chi connectivity index (χ2n) is 2.54. The molecular weight excluding hydrogens is 128 g/mol. The zero-order valence-corrected chi connectivity index (χ0v) is 7.18. The molecule has 0 aromatic rings. The van der Waals surface area contributed by atoms with Crippen molar-refractivity contribution in [2.45, 2.75) is 19.1 Å². The van der Waals surface area contributed by atoms with Crippen LogP contribution in [-0.2, 0) is 4.43 Å². The average molecular weight is 142 g/mol. The Morgan fingerprint density at radius 3 is 2.33 bits per heavy atom. The smallest absolute Gasteiger partial charge is 0.248 e. The summed E-state index contributed by atoms with van der Waals surface area (Å²) in [4.78, 5) is 0. The molecule has 0 saturated heterocycles. The van der Waals surface area contributed by atoms with Crippen molar-refractivity contribution in [1.29, 1.82) is 0 Å². The predicted octanol–water partition coefficient (Wildman–Crippen LogP) is 2.54. The predicted molar refractivity (Wildman–Crippen MR) is 43.8 cm³/mol. The van der Waals surface area contributed by atoms with E-state index in [0.717, 1.165) is 6.04 Å². The molecule has 0 rings (SSSR count). The van der Waals surface area contributed by atoms with E-state index in [1.165, 1.54) is 6.26 Å². The molecule has 0 saturated carbocycles. The minimum absolute atomic E-state index is 0.985. The van der Waals surface area contributed by atoms with Crippen molar-refractivity contribution in [1.82, 2.24) is 0 Å². The standard InChI is InChI=1S/C7H14OSi/c1-5-7-9(3,4)8-6-2/h5-6H,1-2,7H2,3-4H3. The number of hydrogen-bond donors (Lipinski definition) is 0.